The zero-order valence-corrected chi connectivity index (χ0v) is 25.6. The van der Waals surface area contributed by atoms with E-state index in [-0.39, 0.29) is 18.1 Å². The van der Waals surface area contributed by atoms with Gasteiger partial charge in [0.1, 0.15) is 6.61 Å². The highest BCUT2D eigenvalue weighted by Crippen LogP contribution is 2.44. The number of hydrogen-bond donors (Lipinski definition) is 1. The topological polar surface area (TPSA) is 92.2 Å². The maximum absolute atomic E-state index is 12.8. The van der Waals surface area contributed by atoms with Gasteiger partial charge in [-0.2, -0.15) is 0 Å². The van der Waals surface area contributed by atoms with Crippen LogP contribution in [0.3, 0.4) is 0 Å². The van der Waals surface area contributed by atoms with Crippen molar-refractivity contribution in [1.82, 2.24) is 9.88 Å². The number of amides is 1. The molecule has 1 unspecified atom stereocenters. The van der Waals surface area contributed by atoms with Crippen LogP contribution < -0.4 is 4.90 Å². The van der Waals surface area contributed by atoms with Crippen molar-refractivity contribution >= 4 is 23.3 Å². The van der Waals surface area contributed by atoms with Crippen LogP contribution in [0, 0.1) is 19.3 Å². The SMILES string of the molecule is Cc1nc(C)c(C(OC(C)(C)C)C(=O)O)c(N2CCC(C)(C)CC2)c1C1=CCN(C(=O)OCc2ccccc2)CC1. The first-order chi connectivity index (χ1) is 19.3. The van der Waals surface area contributed by atoms with Crippen molar-refractivity contribution in [2.45, 2.75) is 86.0 Å². The van der Waals surface area contributed by atoms with E-state index < -0.39 is 17.7 Å². The fourth-order valence-electron chi connectivity index (χ4n) is 5.67. The smallest absolute Gasteiger partial charge is 0.410 e. The quantitative estimate of drug-likeness (QED) is 0.401. The number of aliphatic carboxylic acids is 1. The van der Waals surface area contributed by atoms with Crippen molar-refractivity contribution in [2.24, 2.45) is 5.41 Å². The number of aryl methyl sites for hydroxylation is 2. The van der Waals surface area contributed by atoms with Crippen LogP contribution in [0.4, 0.5) is 10.5 Å². The van der Waals surface area contributed by atoms with Crippen LogP contribution in [0.2, 0.25) is 0 Å². The average molecular weight is 564 g/mol. The number of benzene rings is 1. The molecule has 1 amide bonds. The minimum atomic E-state index is -1.15. The average Bonchev–Trinajstić information content (AvgIpc) is 2.90. The van der Waals surface area contributed by atoms with Crippen LogP contribution in [0.1, 0.15) is 88.1 Å². The minimum absolute atomic E-state index is 0.229. The van der Waals surface area contributed by atoms with Crippen molar-refractivity contribution in [3.63, 3.8) is 0 Å². The molecular weight excluding hydrogens is 518 g/mol. The molecule has 41 heavy (non-hydrogen) atoms. The molecule has 1 saturated heterocycles. The number of carbonyl (C=O) groups is 2. The van der Waals surface area contributed by atoms with Crippen molar-refractivity contribution in [1.29, 1.82) is 0 Å². The van der Waals surface area contributed by atoms with E-state index in [0.717, 1.165) is 54.0 Å². The van der Waals surface area contributed by atoms with Gasteiger partial charge in [0, 0.05) is 48.7 Å². The summed E-state index contributed by atoms with van der Waals surface area (Å²) in [7, 11) is 0. The molecular formula is C33H45N3O5. The second-order valence-electron chi connectivity index (χ2n) is 13.0. The van der Waals surface area contributed by atoms with Crippen LogP contribution in [-0.2, 0) is 20.9 Å². The van der Waals surface area contributed by atoms with Gasteiger partial charge in [0.05, 0.1) is 11.3 Å². The van der Waals surface area contributed by atoms with Crippen molar-refractivity contribution in [3.05, 3.63) is 64.5 Å². The summed E-state index contributed by atoms with van der Waals surface area (Å²) in [6.07, 6.45) is 3.20. The van der Waals surface area contributed by atoms with Gasteiger partial charge >= 0.3 is 12.1 Å². The van der Waals surface area contributed by atoms with E-state index in [4.69, 9.17) is 14.5 Å². The number of hydrogen-bond acceptors (Lipinski definition) is 6. The monoisotopic (exact) mass is 563 g/mol. The number of nitrogens with zero attached hydrogens (tertiary/aromatic N) is 3. The van der Waals surface area contributed by atoms with Gasteiger partial charge in [-0.15, -0.1) is 0 Å². The third kappa shape index (κ3) is 7.47. The Morgan fingerprint density at radius 1 is 1.05 bits per heavy atom. The van der Waals surface area contributed by atoms with E-state index in [0.29, 0.717) is 30.8 Å². The highest BCUT2D eigenvalue weighted by atomic mass is 16.6. The summed E-state index contributed by atoms with van der Waals surface area (Å²) in [6.45, 7) is 16.9. The Kier molecular flexibility index (Phi) is 9.12. The Balaban J connectivity index is 1.70. The summed E-state index contributed by atoms with van der Waals surface area (Å²) in [5, 5.41) is 10.4. The molecule has 2 aromatic rings. The Labute approximate surface area is 244 Å². The van der Waals surface area contributed by atoms with Crippen molar-refractivity contribution < 1.29 is 24.2 Å². The molecule has 0 saturated carbocycles. The van der Waals surface area contributed by atoms with Crippen LogP contribution in [0.25, 0.3) is 5.57 Å². The van der Waals surface area contributed by atoms with Gasteiger partial charge in [-0.3, -0.25) is 4.98 Å². The molecule has 0 aliphatic carbocycles. The highest BCUT2D eigenvalue weighted by Gasteiger charge is 2.37. The Bertz CT molecular complexity index is 1290. The van der Waals surface area contributed by atoms with E-state index in [1.807, 2.05) is 65.0 Å². The highest BCUT2D eigenvalue weighted by molar-refractivity contribution is 5.86. The zero-order valence-electron chi connectivity index (χ0n) is 25.6. The lowest BCUT2D eigenvalue weighted by Crippen LogP contribution is -2.40. The van der Waals surface area contributed by atoms with Crippen LogP contribution in [0.15, 0.2) is 36.4 Å². The summed E-state index contributed by atoms with van der Waals surface area (Å²) in [6, 6.07) is 9.65. The molecule has 222 valence electrons. The van der Waals surface area contributed by atoms with Gasteiger partial charge in [-0.05, 0) is 70.4 Å². The Morgan fingerprint density at radius 2 is 1.71 bits per heavy atom. The number of anilines is 1. The standard InChI is InChI=1S/C33H45N3O5/c1-22-26(25-13-17-36(18-14-25)31(39)40-21-24-11-9-8-10-12-24)28(35-19-15-33(6,7)16-20-35)27(23(2)34-22)29(30(37)38)41-32(3,4)5/h8-13,29H,14-21H2,1-7H3,(H,37,38). The van der Waals surface area contributed by atoms with E-state index in [1.54, 1.807) is 4.90 Å². The molecule has 1 fully saturated rings. The van der Waals surface area contributed by atoms with Crippen molar-refractivity contribution in [3.8, 4) is 0 Å². The first-order valence-electron chi connectivity index (χ1n) is 14.6. The number of rotatable bonds is 7. The predicted octanol–water partition coefficient (Wildman–Crippen LogP) is 6.69. The summed E-state index contributed by atoms with van der Waals surface area (Å²) in [4.78, 5) is 34.4. The van der Waals surface area contributed by atoms with Gasteiger partial charge in [0.2, 0.25) is 0 Å². The molecule has 2 aliphatic rings. The molecule has 0 spiro atoms. The van der Waals surface area contributed by atoms with Gasteiger partial charge in [0.25, 0.3) is 0 Å². The summed E-state index contributed by atoms with van der Waals surface area (Å²) in [5.41, 5.74) is 5.62. The summed E-state index contributed by atoms with van der Waals surface area (Å²) < 4.78 is 11.7. The largest absolute Gasteiger partial charge is 0.479 e. The summed E-state index contributed by atoms with van der Waals surface area (Å²) >= 11 is 0. The number of pyridine rings is 1. The van der Waals surface area contributed by atoms with Crippen molar-refractivity contribution in [2.75, 3.05) is 31.1 Å². The lowest BCUT2D eigenvalue weighted by Gasteiger charge is -2.41. The molecule has 8 heteroatoms. The van der Waals surface area contributed by atoms with Gasteiger partial charge < -0.3 is 24.4 Å². The number of aromatic nitrogens is 1. The molecule has 1 N–H and O–H groups in total. The Morgan fingerprint density at radius 3 is 2.27 bits per heavy atom. The molecule has 1 aromatic carbocycles. The first-order valence-corrected chi connectivity index (χ1v) is 14.6. The van der Waals surface area contributed by atoms with Gasteiger partial charge in [-0.1, -0.05) is 50.3 Å². The second kappa shape index (κ2) is 12.2. The lowest BCUT2D eigenvalue weighted by molar-refractivity contribution is -0.160. The number of piperidine rings is 1. The second-order valence-corrected chi connectivity index (χ2v) is 13.0. The lowest BCUT2D eigenvalue weighted by atomic mass is 9.81. The zero-order chi connectivity index (χ0) is 29.9. The molecule has 0 radical (unpaired) electrons. The number of carboxylic acids is 1. The Hall–Kier alpha value is -3.39. The minimum Gasteiger partial charge on any atom is -0.479 e. The molecule has 1 aromatic heterocycles. The maximum atomic E-state index is 12.8. The number of carboxylic acid groups (broad SMARTS) is 1. The number of carbonyl (C=O) groups excluding carboxylic acids is 1. The van der Waals surface area contributed by atoms with E-state index in [1.165, 1.54) is 0 Å². The molecule has 1 atom stereocenters. The molecule has 0 bridgehead atoms. The number of ether oxygens (including phenoxy) is 2. The molecule has 2 aliphatic heterocycles. The molecule has 3 heterocycles. The van der Waals surface area contributed by atoms with E-state index in [2.05, 4.69) is 24.8 Å². The fourth-order valence-corrected chi connectivity index (χ4v) is 5.67. The van der Waals surface area contributed by atoms with Gasteiger partial charge in [-0.25, -0.2) is 9.59 Å². The third-order valence-electron chi connectivity index (χ3n) is 7.96. The maximum Gasteiger partial charge on any atom is 0.410 e. The molecule has 8 nitrogen and oxygen atoms in total. The van der Waals surface area contributed by atoms with Gasteiger partial charge in [0.15, 0.2) is 6.10 Å². The fraction of sp³-hybridized carbons (Fsp3) is 0.545. The molecule has 4 rings (SSSR count). The first kappa shape index (κ1) is 30.6. The third-order valence-corrected chi connectivity index (χ3v) is 7.96. The van der Waals surface area contributed by atoms with E-state index >= 15 is 0 Å². The van der Waals surface area contributed by atoms with Crippen LogP contribution in [-0.4, -0.2) is 58.8 Å². The van der Waals surface area contributed by atoms with Crippen LogP contribution in [0.5, 0.6) is 0 Å². The predicted molar refractivity (Wildman–Crippen MR) is 161 cm³/mol. The summed E-state index contributed by atoms with van der Waals surface area (Å²) in [5.74, 6) is -1.02. The normalized spacial score (nSPS) is 18.1. The van der Waals surface area contributed by atoms with E-state index in [9.17, 15) is 14.7 Å². The van der Waals surface area contributed by atoms with Crippen LogP contribution >= 0.6 is 0 Å².